The summed E-state index contributed by atoms with van der Waals surface area (Å²) >= 11 is 0. The van der Waals surface area contributed by atoms with Gasteiger partial charge in [0.1, 0.15) is 12.7 Å². The molecule has 21 heavy (non-hydrogen) atoms. The van der Waals surface area contributed by atoms with E-state index in [0.29, 0.717) is 31.1 Å². The van der Waals surface area contributed by atoms with E-state index in [0.717, 1.165) is 6.54 Å². The molecule has 3 heterocycles. The number of rotatable bonds is 4. The molecule has 110 valence electrons. The number of anilines is 1. The van der Waals surface area contributed by atoms with Crippen molar-refractivity contribution in [1.29, 1.82) is 0 Å². The fraction of sp³-hybridized carbons (Fsp3) is 0.385. The van der Waals surface area contributed by atoms with Crippen molar-refractivity contribution in [3.05, 3.63) is 31.0 Å². The van der Waals surface area contributed by atoms with Crippen molar-refractivity contribution >= 4 is 11.6 Å². The van der Waals surface area contributed by atoms with Crippen molar-refractivity contribution < 1.29 is 9.53 Å². The van der Waals surface area contributed by atoms with Gasteiger partial charge in [-0.15, -0.1) is 0 Å². The standard InChI is InChI=1S/C13H16N6O2/c20-13(5-11-7-21-4-3-15-11)18-10-1-2-12(16-6-10)19-9-14-8-17-19/h1-2,6,8-9,11,15H,3-5,7H2,(H,18,20). The zero-order valence-electron chi connectivity index (χ0n) is 11.4. The van der Waals surface area contributed by atoms with E-state index in [-0.39, 0.29) is 11.9 Å². The van der Waals surface area contributed by atoms with Gasteiger partial charge in [0.2, 0.25) is 5.91 Å². The van der Waals surface area contributed by atoms with Gasteiger partial charge in [-0.1, -0.05) is 0 Å². The first-order chi connectivity index (χ1) is 10.3. The Balaban J connectivity index is 1.56. The molecule has 2 aromatic rings. The molecule has 0 saturated carbocycles. The van der Waals surface area contributed by atoms with Gasteiger partial charge < -0.3 is 15.4 Å². The van der Waals surface area contributed by atoms with Crippen LogP contribution < -0.4 is 10.6 Å². The molecule has 1 atom stereocenters. The minimum atomic E-state index is -0.0618. The molecule has 1 aliphatic heterocycles. The number of hydrogen-bond acceptors (Lipinski definition) is 6. The van der Waals surface area contributed by atoms with E-state index < -0.39 is 0 Å². The maximum Gasteiger partial charge on any atom is 0.226 e. The fourth-order valence-electron chi connectivity index (χ4n) is 2.11. The summed E-state index contributed by atoms with van der Waals surface area (Å²) < 4.78 is 6.87. The van der Waals surface area contributed by atoms with E-state index >= 15 is 0 Å². The predicted molar refractivity (Wildman–Crippen MR) is 75.0 cm³/mol. The normalized spacial score (nSPS) is 18.4. The third-order valence-corrected chi connectivity index (χ3v) is 3.12. The molecule has 0 radical (unpaired) electrons. The van der Waals surface area contributed by atoms with Gasteiger partial charge >= 0.3 is 0 Å². The molecule has 8 nitrogen and oxygen atoms in total. The van der Waals surface area contributed by atoms with Crippen LogP contribution in [0.5, 0.6) is 0 Å². The van der Waals surface area contributed by atoms with Crippen LogP contribution >= 0.6 is 0 Å². The molecular formula is C13H16N6O2. The second kappa shape index (κ2) is 6.42. The number of hydrogen-bond donors (Lipinski definition) is 2. The summed E-state index contributed by atoms with van der Waals surface area (Å²) in [6.45, 7) is 2.05. The molecule has 0 aliphatic carbocycles. The van der Waals surface area contributed by atoms with Crippen LogP contribution in [0.25, 0.3) is 5.82 Å². The predicted octanol–water partition coefficient (Wildman–Crippen LogP) is -0.0207. The maximum atomic E-state index is 11.9. The molecule has 1 fully saturated rings. The van der Waals surface area contributed by atoms with E-state index in [1.807, 2.05) is 0 Å². The molecule has 0 spiro atoms. The van der Waals surface area contributed by atoms with Crippen LogP contribution in [0.4, 0.5) is 5.69 Å². The second-order valence-electron chi connectivity index (χ2n) is 4.72. The van der Waals surface area contributed by atoms with Gasteiger partial charge in [-0.25, -0.2) is 14.6 Å². The molecule has 1 aliphatic rings. The lowest BCUT2D eigenvalue weighted by atomic mass is 10.2. The van der Waals surface area contributed by atoms with Gasteiger partial charge in [0.25, 0.3) is 0 Å². The Bertz CT molecular complexity index is 577. The Labute approximate surface area is 121 Å². The van der Waals surface area contributed by atoms with Crippen molar-refractivity contribution in [1.82, 2.24) is 25.1 Å². The molecule has 0 aromatic carbocycles. The van der Waals surface area contributed by atoms with E-state index in [2.05, 4.69) is 25.7 Å². The van der Waals surface area contributed by atoms with E-state index in [1.165, 1.54) is 6.33 Å². The number of carbonyl (C=O) groups excluding carboxylic acids is 1. The van der Waals surface area contributed by atoms with Crippen LogP contribution in [0.3, 0.4) is 0 Å². The quantitative estimate of drug-likeness (QED) is 0.821. The highest BCUT2D eigenvalue weighted by Crippen LogP contribution is 2.09. The molecule has 2 aromatic heterocycles. The molecule has 2 N–H and O–H groups in total. The van der Waals surface area contributed by atoms with Gasteiger partial charge in [-0.2, -0.15) is 5.10 Å². The first-order valence-corrected chi connectivity index (χ1v) is 6.73. The first-order valence-electron chi connectivity index (χ1n) is 6.73. The highest BCUT2D eigenvalue weighted by atomic mass is 16.5. The lowest BCUT2D eigenvalue weighted by Gasteiger charge is -2.23. The number of aromatic nitrogens is 4. The van der Waals surface area contributed by atoms with Crippen molar-refractivity contribution in [2.45, 2.75) is 12.5 Å². The Kier molecular flexibility index (Phi) is 4.17. The van der Waals surface area contributed by atoms with Gasteiger partial charge in [0.05, 0.1) is 25.1 Å². The summed E-state index contributed by atoms with van der Waals surface area (Å²) in [5.41, 5.74) is 0.653. The van der Waals surface area contributed by atoms with Crippen molar-refractivity contribution in [2.75, 3.05) is 25.1 Å². The van der Waals surface area contributed by atoms with Gasteiger partial charge in [0.15, 0.2) is 5.82 Å². The lowest BCUT2D eigenvalue weighted by Crippen LogP contribution is -2.43. The number of ether oxygens (including phenoxy) is 1. The van der Waals surface area contributed by atoms with Gasteiger partial charge in [-0.05, 0) is 12.1 Å². The fourth-order valence-corrected chi connectivity index (χ4v) is 2.11. The number of pyridine rings is 1. The minimum absolute atomic E-state index is 0.0618. The topological polar surface area (TPSA) is 94.0 Å². The van der Waals surface area contributed by atoms with Crippen LogP contribution in [0, 0.1) is 0 Å². The highest BCUT2D eigenvalue weighted by Gasteiger charge is 2.16. The van der Waals surface area contributed by atoms with Crippen molar-refractivity contribution in [3.8, 4) is 5.82 Å². The molecular weight excluding hydrogens is 272 g/mol. The van der Waals surface area contributed by atoms with Gasteiger partial charge in [-0.3, -0.25) is 4.79 Å². The molecule has 3 rings (SSSR count). The van der Waals surface area contributed by atoms with Crippen LogP contribution in [0.2, 0.25) is 0 Å². The Morgan fingerprint density at radius 3 is 3.14 bits per heavy atom. The number of amides is 1. The average molecular weight is 288 g/mol. The van der Waals surface area contributed by atoms with Crippen molar-refractivity contribution in [3.63, 3.8) is 0 Å². The first kappa shape index (κ1) is 13.7. The molecule has 8 heteroatoms. The summed E-state index contributed by atoms with van der Waals surface area (Å²) in [5, 5.41) is 10.1. The monoisotopic (exact) mass is 288 g/mol. The summed E-state index contributed by atoms with van der Waals surface area (Å²) in [7, 11) is 0. The zero-order chi connectivity index (χ0) is 14.5. The van der Waals surface area contributed by atoms with Crippen LogP contribution in [-0.2, 0) is 9.53 Å². The molecule has 1 amide bonds. The smallest absolute Gasteiger partial charge is 0.226 e. The summed E-state index contributed by atoms with van der Waals surface area (Å²) in [6, 6.07) is 3.63. The number of carbonyl (C=O) groups is 1. The van der Waals surface area contributed by atoms with E-state index in [4.69, 9.17) is 4.74 Å². The lowest BCUT2D eigenvalue weighted by molar-refractivity contribution is -0.117. The summed E-state index contributed by atoms with van der Waals surface area (Å²) in [6.07, 6.45) is 4.98. The Hall–Kier alpha value is -2.32. The zero-order valence-corrected chi connectivity index (χ0v) is 11.4. The number of nitrogens with one attached hydrogen (secondary N) is 2. The van der Waals surface area contributed by atoms with E-state index in [1.54, 1.807) is 29.3 Å². The third kappa shape index (κ3) is 3.61. The number of nitrogens with zero attached hydrogens (tertiary/aromatic N) is 4. The van der Waals surface area contributed by atoms with Crippen LogP contribution in [0.1, 0.15) is 6.42 Å². The SMILES string of the molecule is O=C(CC1COCCN1)Nc1ccc(-n2cncn2)nc1. The molecule has 1 saturated heterocycles. The molecule has 0 bridgehead atoms. The average Bonchev–Trinajstić information content (AvgIpc) is 3.03. The Morgan fingerprint density at radius 2 is 2.48 bits per heavy atom. The molecule has 1 unspecified atom stereocenters. The largest absolute Gasteiger partial charge is 0.378 e. The highest BCUT2D eigenvalue weighted by molar-refractivity contribution is 5.90. The Morgan fingerprint density at radius 1 is 1.52 bits per heavy atom. The summed E-state index contributed by atoms with van der Waals surface area (Å²) in [5.74, 6) is 0.584. The second-order valence-corrected chi connectivity index (χ2v) is 4.72. The maximum absolute atomic E-state index is 11.9. The van der Waals surface area contributed by atoms with Gasteiger partial charge in [0, 0.05) is 19.0 Å². The van der Waals surface area contributed by atoms with Crippen molar-refractivity contribution in [2.24, 2.45) is 0 Å². The van der Waals surface area contributed by atoms with Crippen LogP contribution in [0.15, 0.2) is 31.0 Å². The third-order valence-electron chi connectivity index (χ3n) is 3.12. The van der Waals surface area contributed by atoms with Crippen LogP contribution in [-0.4, -0.2) is 51.5 Å². The number of morpholine rings is 1. The minimum Gasteiger partial charge on any atom is -0.378 e. The van der Waals surface area contributed by atoms with E-state index in [9.17, 15) is 4.79 Å². The summed E-state index contributed by atoms with van der Waals surface area (Å²) in [4.78, 5) is 20.0.